The van der Waals surface area contributed by atoms with Crippen molar-refractivity contribution in [2.45, 2.75) is 95.8 Å². The number of hydrogen-bond donors (Lipinski definition) is 0. The molecule has 2 heterocycles. The number of rotatable bonds is 22. The lowest BCUT2D eigenvalue weighted by Gasteiger charge is -2.34. The van der Waals surface area contributed by atoms with Gasteiger partial charge in [0.05, 0.1) is 41.4 Å². The van der Waals surface area contributed by atoms with Gasteiger partial charge in [-0.05, 0) is 181 Å². The van der Waals surface area contributed by atoms with Gasteiger partial charge >= 0.3 is 0 Å². The van der Waals surface area contributed by atoms with Crippen LogP contribution in [0.15, 0.2) is 170 Å². The summed E-state index contributed by atoms with van der Waals surface area (Å²) in [6.07, 6.45) is 11.6. The minimum atomic E-state index is -0.492. The Morgan fingerprint density at radius 2 is 0.753 bits per heavy atom. The molecule has 0 aromatic heterocycles. The highest BCUT2D eigenvalue weighted by atomic mass is 16.5. The second-order valence-corrected chi connectivity index (χ2v) is 23.7. The van der Waals surface area contributed by atoms with E-state index in [1.807, 2.05) is 0 Å². The molecule has 8 nitrogen and oxygen atoms in total. The molecule has 0 N–H and O–H groups in total. The Kier molecular flexibility index (Phi) is 16.1. The molecule has 1 aliphatic carbocycles. The molecule has 0 saturated heterocycles. The van der Waals surface area contributed by atoms with Crippen molar-refractivity contribution in [1.29, 1.82) is 0 Å². The third kappa shape index (κ3) is 10.9. The van der Waals surface area contributed by atoms with Crippen molar-refractivity contribution in [3.63, 3.8) is 0 Å². The molecule has 0 radical (unpaired) electrons. The van der Waals surface area contributed by atoms with Gasteiger partial charge in [0.15, 0.2) is 0 Å². The summed E-state index contributed by atoms with van der Waals surface area (Å²) in [7, 11) is 17.2. The Morgan fingerprint density at radius 3 is 1.14 bits per heavy atom. The second kappa shape index (κ2) is 23.7. The summed E-state index contributed by atoms with van der Waals surface area (Å²) in [6.45, 7) is 5.85. The van der Waals surface area contributed by atoms with E-state index in [0.29, 0.717) is 13.2 Å². The predicted octanol–water partition coefficient (Wildman–Crippen LogP) is 16.3. The molecule has 0 saturated carbocycles. The number of aryl methyl sites for hydroxylation is 4. The van der Waals surface area contributed by atoms with E-state index in [-0.39, 0.29) is 12.3 Å². The first-order valence-electron chi connectivity index (χ1n) is 29.7. The van der Waals surface area contributed by atoms with Crippen LogP contribution in [-0.4, -0.2) is 69.6 Å². The maximum atomic E-state index is 6.46. The van der Waals surface area contributed by atoms with Gasteiger partial charge in [0.1, 0.15) is 23.8 Å². The van der Waals surface area contributed by atoms with E-state index in [4.69, 9.17) is 9.47 Å². The Hall–Kier alpha value is -7.84. The summed E-state index contributed by atoms with van der Waals surface area (Å²) in [5.74, 6) is 1.84. The quantitative estimate of drug-likeness (QED) is 0.0622. The number of hydrogen-bond acceptors (Lipinski definition) is 8. The highest BCUT2D eigenvalue weighted by Gasteiger charge is 2.46. The fourth-order valence-corrected chi connectivity index (χ4v) is 13.3. The topological polar surface area (TPSA) is 37.9 Å². The third-order valence-corrected chi connectivity index (χ3v) is 17.8. The summed E-state index contributed by atoms with van der Waals surface area (Å²) < 4.78 is 12.9. The largest absolute Gasteiger partial charge is 0.494 e. The van der Waals surface area contributed by atoms with Gasteiger partial charge in [0.25, 0.3) is 0 Å². The van der Waals surface area contributed by atoms with Gasteiger partial charge in [-0.1, -0.05) is 134 Å². The molecule has 2 unspecified atom stereocenters. The van der Waals surface area contributed by atoms with Crippen LogP contribution in [-0.2, 0) is 18.3 Å². The van der Waals surface area contributed by atoms with Gasteiger partial charge in [-0.15, -0.1) is 0 Å². The van der Waals surface area contributed by atoms with Crippen molar-refractivity contribution in [3.05, 3.63) is 225 Å². The lowest BCUT2D eigenvalue weighted by atomic mass is 9.67. The molecular weight excluding hydrogens is 993 g/mol. The monoisotopic (exact) mass is 1080 g/mol. The SMILES string of the molecule is Cc1ccc2c(c1)C(c1ccc(OCCCCCCc3ccc4c(c3)N(C)C(c3ccc(N(C)C)cc3)N4C)cc1)(c1ccc(OCCCCCCc3ccc4c(c3)N(C)C(c3ccc(N(C)C)cc3)N4C)cc1)c1cc(C)ccc1-2. The molecule has 8 aromatic carbocycles. The molecule has 2 atom stereocenters. The summed E-state index contributed by atoms with van der Waals surface area (Å²) in [5, 5.41) is 0. The van der Waals surface area contributed by atoms with Crippen LogP contribution in [0.25, 0.3) is 11.1 Å². The van der Waals surface area contributed by atoms with Crippen LogP contribution in [0.1, 0.15) is 119 Å². The molecule has 2 aliphatic heterocycles. The van der Waals surface area contributed by atoms with Crippen LogP contribution >= 0.6 is 0 Å². The van der Waals surface area contributed by atoms with E-state index >= 15 is 0 Å². The molecule has 0 fully saturated rings. The van der Waals surface area contributed by atoms with Crippen LogP contribution < -0.4 is 38.9 Å². The molecule has 3 aliphatic rings. The van der Waals surface area contributed by atoms with Gasteiger partial charge in [0, 0.05) is 67.8 Å². The minimum Gasteiger partial charge on any atom is -0.494 e. The Bertz CT molecular complexity index is 3210. The normalized spacial score (nSPS) is 15.6. The first-order chi connectivity index (χ1) is 39.3. The van der Waals surface area contributed by atoms with E-state index in [9.17, 15) is 0 Å². The van der Waals surface area contributed by atoms with Crippen molar-refractivity contribution in [1.82, 2.24) is 0 Å². The third-order valence-electron chi connectivity index (χ3n) is 17.8. The fraction of sp³-hybridized carbons (Fsp3) is 0.342. The first-order valence-corrected chi connectivity index (χ1v) is 29.7. The zero-order valence-electron chi connectivity index (χ0n) is 49.8. The van der Waals surface area contributed by atoms with Crippen molar-refractivity contribution in [2.24, 2.45) is 0 Å². The smallest absolute Gasteiger partial charge is 0.128 e. The number of fused-ring (bicyclic) bond motifs is 5. The highest BCUT2D eigenvalue weighted by Crippen LogP contribution is 2.57. The summed E-state index contributed by atoms with van der Waals surface area (Å²) in [4.78, 5) is 14.0. The average Bonchev–Trinajstić information content (AvgIpc) is 3.03. The maximum absolute atomic E-state index is 6.46. The van der Waals surface area contributed by atoms with Crippen molar-refractivity contribution >= 4 is 34.1 Å². The Labute approximate surface area is 484 Å². The van der Waals surface area contributed by atoms with Gasteiger partial charge in [-0.2, -0.15) is 0 Å². The molecule has 0 amide bonds. The van der Waals surface area contributed by atoms with Crippen LogP contribution in [0.2, 0.25) is 0 Å². The molecule has 8 aromatic rings. The van der Waals surface area contributed by atoms with Crippen LogP contribution in [0.3, 0.4) is 0 Å². The minimum absolute atomic E-state index is 0.191. The van der Waals surface area contributed by atoms with E-state index < -0.39 is 5.41 Å². The molecule has 8 heteroatoms. The number of unbranched alkanes of at least 4 members (excludes halogenated alkanes) is 6. The van der Waals surface area contributed by atoms with Gasteiger partial charge in [0.2, 0.25) is 0 Å². The molecule has 418 valence electrons. The summed E-state index contributed by atoms with van der Waals surface area (Å²) >= 11 is 0. The fourth-order valence-electron chi connectivity index (χ4n) is 13.3. The highest BCUT2D eigenvalue weighted by molar-refractivity contribution is 5.87. The van der Waals surface area contributed by atoms with E-state index in [1.165, 1.54) is 127 Å². The zero-order chi connectivity index (χ0) is 56.4. The lowest BCUT2D eigenvalue weighted by molar-refractivity contribution is 0.304. The van der Waals surface area contributed by atoms with Crippen LogP contribution in [0.4, 0.5) is 34.1 Å². The van der Waals surface area contributed by atoms with Crippen LogP contribution in [0, 0.1) is 13.8 Å². The van der Waals surface area contributed by atoms with Crippen LogP contribution in [0.5, 0.6) is 11.5 Å². The molecule has 0 spiro atoms. The summed E-state index contributed by atoms with van der Waals surface area (Å²) in [5.41, 5.74) is 22.9. The second-order valence-electron chi connectivity index (χ2n) is 23.7. The predicted molar refractivity (Wildman–Crippen MR) is 342 cm³/mol. The Balaban J connectivity index is 0.677. The number of ether oxygens (including phenoxy) is 2. The van der Waals surface area contributed by atoms with E-state index in [1.54, 1.807) is 0 Å². The summed E-state index contributed by atoms with van der Waals surface area (Å²) in [6, 6.07) is 64.0. The van der Waals surface area contributed by atoms with E-state index in [2.05, 4.69) is 269 Å². The molecule has 11 rings (SSSR count). The maximum Gasteiger partial charge on any atom is 0.128 e. The average molecular weight is 1080 g/mol. The van der Waals surface area contributed by atoms with Gasteiger partial charge in [-0.3, -0.25) is 0 Å². The number of benzene rings is 8. The van der Waals surface area contributed by atoms with E-state index in [0.717, 1.165) is 50.0 Å². The standard InChI is InChI=1S/C73H84N6O2/c1-51-21-41-63-64-42-22-52(2)48-66(64)73(65(63)47-51,57-29-37-61(38-30-57)80-45-17-13-11-15-19-53-23-43-67-69(49-53)78(9)71(76(67)7)55-25-33-59(34-26-55)74(3)4)58-31-39-62(40-32-58)81-46-18-14-12-16-20-54-24-44-68-70(50-54)79(10)72(77(68)8)56-27-35-60(36-28-56)75(5)6/h21-44,47-50,71-72H,11-20,45-46H2,1-10H3. The van der Waals surface area contributed by atoms with Crippen molar-refractivity contribution in [2.75, 3.05) is 99.0 Å². The van der Waals surface area contributed by atoms with Crippen molar-refractivity contribution in [3.8, 4) is 22.6 Å². The Morgan fingerprint density at radius 1 is 0.383 bits per heavy atom. The number of nitrogens with zero attached hydrogens (tertiary/aromatic N) is 6. The zero-order valence-corrected chi connectivity index (χ0v) is 49.8. The molecule has 81 heavy (non-hydrogen) atoms. The number of anilines is 6. The molecular formula is C73H84N6O2. The van der Waals surface area contributed by atoms with Crippen molar-refractivity contribution < 1.29 is 9.47 Å². The van der Waals surface area contributed by atoms with Gasteiger partial charge < -0.3 is 38.9 Å². The lowest BCUT2D eigenvalue weighted by Crippen LogP contribution is -2.30. The first kappa shape index (κ1) is 55.1. The molecule has 0 bridgehead atoms. The van der Waals surface area contributed by atoms with Gasteiger partial charge in [-0.25, -0.2) is 0 Å².